The van der Waals surface area contributed by atoms with E-state index in [2.05, 4.69) is 0 Å². The molecule has 0 aromatic carbocycles. The maximum absolute atomic E-state index is 9.95. The predicted octanol–water partition coefficient (Wildman–Crippen LogP) is 0.512. The molecular weight excluding hydrogens is 104 g/mol. The molecule has 0 radical (unpaired) electrons. The zero-order chi connectivity index (χ0) is 9.07. The molecule has 1 unspecified atom stereocenters. The number of allylic oxidation sites excluding steroid dienone is 1. The van der Waals surface area contributed by atoms with Crippen molar-refractivity contribution >= 4 is 6.29 Å². The molecule has 1 N–H and O–H groups in total. The van der Waals surface area contributed by atoms with E-state index in [9.17, 15) is 4.79 Å². The molecule has 0 aromatic rings. The van der Waals surface area contributed by atoms with Crippen LogP contribution >= 0.6 is 0 Å². The second-order valence-corrected chi connectivity index (χ2v) is 1.19. The second kappa shape index (κ2) is 4.53. The summed E-state index contributed by atoms with van der Waals surface area (Å²) in [5, 5.41) is 9.04. The van der Waals surface area contributed by atoms with Gasteiger partial charge in [-0.15, -0.1) is 0 Å². The lowest BCUT2D eigenvalue weighted by Gasteiger charge is -1.94. The Hall–Kier alpha value is -0.630. The van der Waals surface area contributed by atoms with Crippen LogP contribution in [0.25, 0.3) is 0 Å². The normalized spacial score (nSPS) is 26.0. The van der Waals surface area contributed by atoms with Crippen molar-refractivity contribution in [3.8, 4) is 0 Å². The number of carbonyl (C=O) groups is 1. The fourth-order valence-corrected chi connectivity index (χ4v) is 0.201. The van der Waals surface area contributed by atoms with Crippen molar-refractivity contribution in [1.29, 1.82) is 0 Å². The number of hydrogen-bond donors (Lipinski definition) is 1. The molecule has 0 aliphatic rings. The zero-order valence-corrected chi connectivity index (χ0v) is 4.64. The summed E-state index contributed by atoms with van der Waals surface area (Å²) < 4.78 is 20.9. The summed E-state index contributed by atoms with van der Waals surface area (Å²) in [4.78, 5) is 9.95. The molecule has 0 amide bonds. The number of carbonyl (C=O) groups excluding carboxylic acids is 1. The van der Waals surface area contributed by atoms with Gasteiger partial charge in [0.1, 0.15) is 6.29 Å². The van der Waals surface area contributed by atoms with Crippen LogP contribution in [0, 0.1) is 0 Å². The number of hydrogen-bond acceptors (Lipinski definition) is 2. The van der Waals surface area contributed by atoms with E-state index < -0.39 is 18.2 Å². The van der Waals surface area contributed by atoms with Gasteiger partial charge >= 0.3 is 0 Å². The molecule has 0 rings (SSSR count). The molecule has 2 nitrogen and oxygen atoms in total. The van der Waals surface area contributed by atoms with Crippen LogP contribution < -0.4 is 0 Å². The van der Waals surface area contributed by atoms with Crippen LogP contribution in [0.2, 0.25) is 0 Å². The molecule has 1 atom stereocenters. The lowest BCUT2D eigenvalue weighted by atomic mass is 10.3. The second-order valence-electron chi connectivity index (χ2n) is 1.19. The molecule has 46 valence electrons. The number of aliphatic hydroxyl groups is 1. The third-order valence-corrected chi connectivity index (χ3v) is 0.610. The molecule has 0 aromatic heterocycles. The van der Waals surface area contributed by atoms with Gasteiger partial charge in [0.25, 0.3) is 0 Å². The number of rotatable bonds is 3. The monoisotopic (exact) mass is 117 g/mol. The van der Waals surface area contributed by atoms with E-state index in [0.29, 0.717) is 0 Å². The summed E-state index contributed by atoms with van der Waals surface area (Å²) in [5.74, 6) is 0. The highest BCUT2D eigenvalue weighted by Gasteiger charge is 1.89. The molecule has 0 heterocycles. The molecule has 2 heteroatoms. The molecule has 0 aliphatic heterocycles. The summed E-state index contributed by atoms with van der Waals surface area (Å²) in [7, 11) is 0. The van der Waals surface area contributed by atoms with Gasteiger partial charge in [0.2, 0.25) is 0 Å². The molecule has 0 aliphatic carbocycles. The smallest absolute Gasteiger partial charge is 0.142 e. The fraction of sp³-hybridized carbons (Fsp3) is 0.500. The first-order chi connectivity index (χ1) is 4.95. The standard InChI is InChI=1S/C6H10O2/c1-2-6(8)4-3-5-7/h3-6,8H,2H2,1H3/i3D,4D,6D. The van der Waals surface area contributed by atoms with Crippen molar-refractivity contribution in [2.75, 3.05) is 0 Å². The molecule has 8 heavy (non-hydrogen) atoms. The summed E-state index contributed by atoms with van der Waals surface area (Å²) in [6.45, 7) is 1.50. The van der Waals surface area contributed by atoms with Crippen LogP contribution in [0.3, 0.4) is 0 Å². The lowest BCUT2D eigenvalue weighted by molar-refractivity contribution is -0.104. The maximum atomic E-state index is 9.95. The average Bonchev–Trinajstić information content (AvgIpc) is 2.01. The molecule has 0 saturated heterocycles. The largest absolute Gasteiger partial charge is 0.389 e. The third kappa shape index (κ3) is 3.56. The highest BCUT2D eigenvalue weighted by Crippen LogP contribution is 1.88. The van der Waals surface area contributed by atoms with E-state index in [4.69, 9.17) is 9.22 Å². The van der Waals surface area contributed by atoms with Crippen LogP contribution in [0.5, 0.6) is 0 Å². The van der Waals surface area contributed by atoms with Gasteiger partial charge in [-0.05, 0) is 12.5 Å². The van der Waals surface area contributed by atoms with E-state index in [-0.39, 0.29) is 12.7 Å². The molecular formula is C6H10O2. The van der Waals surface area contributed by atoms with Gasteiger partial charge in [0.05, 0.1) is 10.2 Å². The van der Waals surface area contributed by atoms with Gasteiger partial charge in [-0.2, -0.15) is 0 Å². The SMILES string of the molecule is [2H]C(C=O)=C([2H])C([2H])(O)CC. The van der Waals surface area contributed by atoms with E-state index in [1.807, 2.05) is 0 Å². The van der Waals surface area contributed by atoms with Crippen molar-refractivity contribution in [1.82, 2.24) is 0 Å². The van der Waals surface area contributed by atoms with Crippen molar-refractivity contribution in [3.63, 3.8) is 0 Å². The molecule has 0 saturated carbocycles. The summed E-state index contributed by atoms with van der Waals surface area (Å²) >= 11 is 0. The maximum Gasteiger partial charge on any atom is 0.142 e. The first kappa shape index (κ1) is 3.41. The fourth-order valence-electron chi connectivity index (χ4n) is 0.201. The van der Waals surface area contributed by atoms with Crippen molar-refractivity contribution in [2.24, 2.45) is 0 Å². The van der Waals surface area contributed by atoms with Gasteiger partial charge < -0.3 is 5.11 Å². The van der Waals surface area contributed by atoms with E-state index in [1.165, 1.54) is 6.92 Å². The molecule has 0 spiro atoms. The topological polar surface area (TPSA) is 37.3 Å². The van der Waals surface area contributed by atoms with Gasteiger partial charge in [-0.1, -0.05) is 13.0 Å². The van der Waals surface area contributed by atoms with Crippen LogP contribution in [-0.2, 0) is 4.79 Å². The quantitative estimate of drug-likeness (QED) is 0.432. The first-order valence-corrected chi connectivity index (χ1v) is 2.31. The van der Waals surface area contributed by atoms with E-state index >= 15 is 0 Å². The Kier molecular flexibility index (Phi) is 1.93. The predicted molar refractivity (Wildman–Crippen MR) is 31.5 cm³/mol. The average molecular weight is 117 g/mol. The Morgan fingerprint density at radius 1 is 2.12 bits per heavy atom. The Morgan fingerprint density at radius 2 is 2.75 bits per heavy atom. The van der Waals surface area contributed by atoms with E-state index in [0.717, 1.165) is 0 Å². The van der Waals surface area contributed by atoms with Crippen LogP contribution in [0.1, 0.15) is 17.5 Å². The lowest BCUT2D eigenvalue weighted by Crippen LogP contribution is -1.97. The van der Waals surface area contributed by atoms with Crippen molar-refractivity contribution in [3.05, 3.63) is 12.1 Å². The van der Waals surface area contributed by atoms with Gasteiger partial charge in [0, 0.05) is 0 Å². The Morgan fingerprint density at radius 3 is 3.12 bits per heavy atom. The minimum Gasteiger partial charge on any atom is -0.389 e. The van der Waals surface area contributed by atoms with E-state index in [1.54, 1.807) is 0 Å². The molecule has 0 fully saturated rings. The third-order valence-electron chi connectivity index (χ3n) is 0.610. The first-order valence-electron chi connectivity index (χ1n) is 3.81. The van der Waals surface area contributed by atoms with Crippen molar-refractivity contribution in [2.45, 2.75) is 19.4 Å². The van der Waals surface area contributed by atoms with Gasteiger partial charge in [0.15, 0.2) is 0 Å². The Bertz CT molecular complexity index is 186. The number of aldehydes is 1. The Balaban J connectivity index is 4.71. The Labute approximate surface area is 53.0 Å². The van der Waals surface area contributed by atoms with Crippen LogP contribution in [0.15, 0.2) is 12.1 Å². The highest BCUT2D eigenvalue weighted by atomic mass is 16.3. The summed E-state index contributed by atoms with van der Waals surface area (Å²) in [5.41, 5.74) is 0. The highest BCUT2D eigenvalue weighted by molar-refractivity contribution is 5.64. The van der Waals surface area contributed by atoms with Gasteiger partial charge in [-0.3, -0.25) is 4.79 Å². The van der Waals surface area contributed by atoms with Crippen LogP contribution in [-0.4, -0.2) is 17.5 Å². The summed E-state index contributed by atoms with van der Waals surface area (Å²) in [6, 6.07) is -1.31. The minimum absolute atomic E-state index is 0.0119. The minimum atomic E-state index is -2.10. The van der Waals surface area contributed by atoms with Gasteiger partial charge in [-0.25, -0.2) is 0 Å². The zero-order valence-electron chi connectivity index (χ0n) is 7.64. The van der Waals surface area contributed by atoms with Crippen LogP contribution in [0.4, 0.5) is 0 Å². The molecule has 0 bridgehead atoms. The summed E-state index contributed by atoms with van der Waals surface area (Å²) in [6.07, 6.45) is -1.97. The van der Waals surface area contributed by atoms with Crippen molar-refractivity contribution < 1.29 is 14.0 Å².